The fourth-order valence-corrected chi connectivity index (χ4v) is 2.52. The molecule has 2 rings (SSSR count). The summed E-state index contributed by atoms with van der Waals surface area (Å²) < 4.78 is 13.1. The van der Waals surface area contributed by atoms with Crippen molar-refractivity contribution in [3.63, 3.8) is 0 Å². The highest BCUT2D eigenvalue weighted by Gasteiger charge is 2.16. The molecule has 0 heterocycles. The molecule has 0 spiro atoms. The summed E-state index contributed by atoms with van der Waals surface area (Å²) in [4.78, 5) is 37.5. The number of para-hydroxylation sites is 1. The molecule has 7 heteroatoms. The number of anilines is 1. The molecule has 0 radical (unpaired) electrons. The molecule has 0 aromatic heterocycles. The molecule has 0 aliphatic carbocycles. The van der Waals surface area contributed by atoms with Gasteiger partial charge in [0.25, 0.3) is 5.91 Å². The third kappa shape index (κ3) is 5.64. The number of likely N-dealkylation sites (N-methyl/N-ethyl adjacent to an activating group) is 1. The first kappa shape index (κ1) is 20.1. The summed E-state index contributed by atoms with van der Waals surface area (Å²) in [5.74, 6) is -1.86. The number of halogens is 1. The monoisotopic (exact) mass is 371 g/mol. The summed E-state index contributed by atoms with van der Waals surface area (Å²) in [6.45, 7) is 3.34. The van der Waals surface area contributed by atoms with Gasteiger partial charge in [-0.15, -0.1) is 0 Å². The topological polar surface area (TPSA) is 78.5 Å². The van der Waals surface area contributed by atoms with Crippen LogP contribution in [0.25, 0.3) is 0 Å². The molecule has 0 aliphatic rings. The van der Waals surface area contributed by atoms with E-state index in [0.29, 0.717) is 0 Å². The van der Waals surface area contributed by atoms with Gasteiger partial charge < -0.3 is 15.5 Å². The zero-order valence-corrected chi connectivity index (χ0v) is 15.5. The Kier molecular flexibility index (Phi) is 6.65. The third-order valence-corrected chi connectivity index (χ3v) is 4.04. The Balaban J connectivity index is 1.86. The van der Waals surface area contributed by atoms with Crippen molar-refractivity contribution in [1.29, 1.82) is 0 Å². The van der Waals surface area contributed by atoms with Gasteiger partial charge in [0.1, 0.15) is 5.82 Å². The van der Waals surface area contributed by atoms with Crippen LogP contribution in [0.15, 0.2) is 42.5 Å². The number of nitrogens with one attached hydrogen (secondary N) is 2. The van der Waals surface area contributed by atoms with E-state index in [0.717, 1.165) is 22.9 Å². The van der Waals surface area contributed by atoms with E-state index in [9.17, 15) is 18.8 Å². The first-order chi connectivity index (χ1) is 12.8. The summed E-state index contributed by atoms with van der Waals surface area (Å²) in [5.41, 5.74) is 2.71. The molecule has 2 N–H and O–H groups in total. The van der Waals surface area contributed by atoms with Crippen LogP contribution in [-0.4, -0.2) is 42.8 Å². The van der Waals surface area contributed by atoms with E-state index in [1.165, 1.54) is 30.1 Å². The minimum absolute atomic E-state index is 0.123. The molecular weight excluding hydrogens is 349 g/mol. The third-order valence-electron chi connectivity index (χ3n) is 4.04. The van der Waals surface area contributed by atoms with Crippen LogP contribution in [-0.2, 0) is 9.59 Å². The number of carbonyl (C=O) groups is 3. The maximum atomic E-state index is 13.1. The van der Waals surface area contributed by atoms with E-state index < -0.39 is 17.6 Å². The fourth-order valence-electron chi connectivity index (χ4n) is 2.52. The van der Waals surface area contributed by atoms with Crippen LogP contribution in [0.1, 0.15) is 21.5 Å². The van der Waals surface area contributed by atoms with E-state index >= 15 is 0 Å². The number of hydrogen-bond donors (Lipinski definition) is 2. The van der Waals surface area contributed by atoms with Crippen molar-refractivity contribution in [2.75, 3.05) is 25.5 Å². The van der Waals surface area contributed by atoms with E-state index in [4.69, 9.17) is 0 Å². The zero-order chi connectivity index (χ0) is 20.0. The van der Waals surface area contributed by atoms with Gasteiger partial charge in [-0.25, -0.2) is 4.39 Å². The molecule has 142 valence electrons. The Hall–Kier alpha value is -3.22. The molecular formula is C20H22FN3O3. The second-order valence-electron chi connectivity index (χ2n) is 6.26. The zero-order valence-electron chi connectivity index (χ0n) is 15.5. The lowest BCUT2D eigenvalue weighted by molar-refractivity contribution is -0.132. The number of benzene rings is 2. The maximum Gasteiger partial charge on any atom is 0.251 e. The molecule has 0 saturated carbocycles. The largest absolute Gasteiger partial charge is 0.343 e. The van der Waals surface area contributed by atoms with Crippen molar-refractivity contribution in [1.82, 2.24) is 10.2 Å². The lowest BCUT2D eigenvalue weighted by Gasteiger charge is -2.18. The van der Waals surface area contributed by atoms with E-state index in [1.54, 1.807) is 0 Å². The van der Waals surface area contributed by atoms with Gasteiger partial charge in [0.15, 0.2) is 0 Å². The van der Waals surface area contributed by atoms with Crippen molar-refractivity contribution in [3.8, 4) is 0 Å². The Morgan fingerprint density at radius 3 is 2.30 bits per heavy atom. The van der Waals surface area contributed by atoms with Gasteiger partial charge in [-0.05, 0) is 43.2 Å². The normalized spacial score (nSPS) is 10.2. The van der Waals surface area contributed by atoms with Crippen LogP contribution in [0.4, 0.5) is 10.1 Å². The lowest BCUT2D eigenvalue weighted by Crippen LogP contribution is -2.41. The summed E-state index contributed by atoms with van der Waals surface area (Å²) in [6.07, 6.45) is 0. The minimum Gasteiger partial charge on any atom is -0.343 e. The standard InChI is InChI=1S/C20H22FN3O3/c1-13-6-4-7-14(2)19(13)23-17(25)12-24(3)18(26)11-22-20(27)15-8-5-9-16(21)10-15/h4-10H,11-12H2,1-3H3,(H,22,27)(H,23,25). The number of aryl methyl sites for hydroxylation is 2. The van der Waals surface area contributed by atoms with E-state index in [1.807, 2.05) is 32.0 Å². The number of rotatable bonds is 6. The summed E-state index contributed by atoms with van der Waals surface area (Å²) >= 11 is 0. The van der Waals surface area contributed by atoms with Crippen molar-refractivity contribution >= 4 is 23.4 Å². The first-order valence-electron chi connectivity index (χ1n) is 8.41. The smallest absolute Gasteiger partial charge is 0.251 e. The van der Waals surface area contributed by atoms with Gasteiger partial charge in [0.05, 0.1) is 13.1 Å². The van der Waals surface area contributed by atoms with Gasteiger partial charge in [-0.1, -0.05) is 24.3 Å². The van der Waals surface area contributed by atoms with Crippen LogP contribution >= 0.6 is 0 Å². The molecule has 2 aromatic rings. The first-order valence-corrected chi connectivity index (χ1v) is 8.41. The molecule has 3 amide bonds. The molecule has 0 atom stereocenters. The van der Waals surface area contributed by atoms with Gasteiger partial charge in [-0.3, -0.25) is 14.4 Å². The molecule has 6 nitrogen and oxygen atoms in total. The Bertz CT molecular complexity index is 847. The van der Waals surface area contributed by atoms with Crippen LogP contribution < -0.4 is 10.6 Å². The molecule has 27 heavy (non-hydrogen) atoms. The second kappa shape index (κ2) is 8.93. The SMILES string of the molecule is Cc1cccc(C)c1NC(=O)CN(C)C(=O)CNC(=O)c1cccc(F)c1. The number of carbonyl (C=O) groups excluding carboxylic acids is 3. The molecule has 0 bridgehead atoms. The van der Waals surface area contributed by atoms with Crippen molar-refractivity contribution in [2.24, 2.45) is 0 Å². The highest BCUT2D eigenvalue weighted by atomic mass is 19.1. The van der Waals surface area contributed by atoms with E-state index in [2.05, 4.69) is 10.6 Å². The highest BCUT2D eigenvalue weighted by molar-refractivity contribution is 5.98. The molecule has 0 unspecified atom stereocenters. The summed E-state index contributed by atoms with van der Waals surface area (Å²) in [6, 6.07) is 10.8. The Labute approximate surface area is 157 Å². The van der Waals surface area contributed by atoms with Crippen LogP contribution in [0, 0.1) is 19.7 Å². The minimum atomic E-state index is -0.559. The van der Waals surface area contributed by atoms with Crippen molar-refractivity contribution in [3.05, 3.63) is 65.0 Å². The Morgan fingerprint density at radius 1 is 1.04 bits per heavy atom. The van der Waals surface area contributed by atoms with Gasteiger partial charge in [0, 0.05) is 18.3 Å². The van der Waals surface area contributed by atoms with Crippen LogP contribution in [0.5, 0.6) is 0 Å². The van der Waals surface area contributed by atoms with Gasteiger partial charge in [-0.2, -0.15) is 0 Å². The number of nitrogens with zero attached hydrogens (tertiary/aromatic N) is 1. The van der Waals surface area contributed by atoms with Crippen molar-refractivity contribution in [2.45, 2.75) is 13.8 Å². The van der Waals surface area contributed by atoms with E-state index in [-0.39, 0.29) is 24.6 Å². The predicted octanol–water partition coefficient (Wildman–Crippen LogP) is 2.27. The highest BCUT2D eigenvalue weighted by Crippen LogP contribution is 2.19. The summed E-state index contributed by atoms with van der Waals surface area (Å²) in [5, 5.41) is 5.22. The average molecular weight is 371 g/mol. The average Bonchev–Trinajstić information content (AvgIpc) is 2.62. The fraction of sp³-hybridized carbons (Fsp3) is 0.250. The predicted molar refractivity (Wildman–Crippen MR) is 101 cm³/mol. The van der Waals surface area contributed by atoms with Gasteiger partial charge in [0.2, 0.25) is 11.8 Å². The molecule has 0 saturated heterocycles. The number of amides is 3. The second-order valence-corrected chi connectivity index (χ2v) is 6.26. The van der Waals surface area contributed by atoms with Gasteiger partial charge >= 0.3 is 0 Å². The lowest BCUT2D eigenvalue weighted by atomic mass is 10.1. The quantitative estimate of drug-likeness (QED) is 0.818. The molecule has 0 aliphatic heterocycles. The Morgan fingerprint density at radius 2 is 1.67 bits per heavy atom. The van der Waals surface area contributed by atoms with Crippen molar-refractivity contribution < 1.29 is 18.8 Å². The van der Waals surface area contributed by atoms with Crippen LogP contribution in [0.3, 0.4) is 0 Å². The van der Waals surface area contributed by atoms with Crippen LogP contribution in [0.2, 0.25) is 0 Å². The maximum absolute atomic E-state index is 13.1. The number of hydrogen-bond acceptors (Lipinski definition) is 3. The molecule has 2 aromatic carbocycles. The molecule has 0 fully saturated rings. The summed E-state index contributed by atoms with van der Waals surface area (Å²) in [7, 11) is 1.47.